The van der Waals surface area contributed by atoms with Gasteiger partial charge in [0.2, 0.25) is 5.95 Å². The fourth-order valence-electron chi connectivity index (χ4n) is 3.55. The minimum atomic E-state index is -0.555. The Labute approximate surface area is 148 Å². The van der Waals surface area contributed by atoms with Crippen LogP contribution in [0, 0.1) is 11.8 Å². The molecular weight excluding hydrogens is 318 g/mol. The van der Waals surface area contributed by atoms with Crippen molar-refractivity contribution in [3.8, 4) is 0 Å². The number of rotatable bonds is 6. The summed E-state index contributed by atoms with van der Waals surface area (Å²) in [5.74, 6) is 1.31. The lowest BCUT2D eigenvalue weighted by molar-refractivity contribution is 0.0739. The fourth-order valence-corrected chi connectivity index (χ4v) is 3.55. The fraction of sp³-hybridized carbons (Fsp3) is 0.722. The zero-order chi connectivity index (χ0) is 18.2. The zero-order valence-electron chi connectivity index (χ0n) is 15.2. The molecule has 0 aliphatic heterocycles. The molecule has 1 amide bonds. The van der Waals surface area contributed by atoms with Crippen molar-refractivity contribution in [2.75, 3.05) is 10.6 Å². The van der Waals surface area contributed by atoms with Gasteiger partial charge in [0.15, 0.2) is 0 Å². The number of aliphatic hydroxyl groups is 1. The van der Waals surface area contributed by atoms with Crippen molar-refractivity contribution in [1.29, 1.82) is 0 Å². The number of aliphatic hydroxyl groups excluding tert-OH is 1. The van der Waals surface area contributed by atoms with Crippen LogP contribution in [0.2, 0.25) is 0 Å². The van der Waals surface area contributed by atoms with Gasteiger partial charge in [0, 0.05) is 17.8 Å². The molecule has 2 aliphatic carbocycles. The number of carbonyl (C=O) groups is 1. The Hall–Kier alpha value is -1.89. The van der Waals surface area contributed by atoms with E-state index >= 15 is 0 Å². The van der Waals surface area contributed by atoms with Gasteiger partial charge in [-0.05, 0) is 57.8 Å². The second kappa shape index (κ2) is 6.78. The standard InChI is InChI=1S/C18H29N5O2/c1-10-4-7-12(8-14(10)24)21-16-13(15(19)25)9-20-17(22-16)23-18(2,3)11-5-6-11/h9-12,14,24H,4-8H2,1-3H3,(H2,19,25)(H2,20,21,22,23)/t10-,12-,14-/m1/s1. The summed E-state index contributed by atoms with van der Waals surface area (Å²) < 4.78 is 0. The van der Waals surface area contributed by atoms with Gasteiger partial charge in [-0.3, -0.25) is 4.79 Å². The van der Waals surface area contributed by atoms with Crippen LogP contribution in [0.15, 0.2) is 6.20 Å². The molecule has 1 aromatic rings. The average molecular weight is 347 g/mol. The van der Waals surface area contributed by atoms with E-state index in [1.807, 2.05) is 0 Å². The van der Waals surface area contributed by atoms with Gasteiger partial charge in [-0.1, -0.05) is 6.92 Å². The number of hydrogen-bond donors (Lipinski definition) is 4. The van der Waals surface area contributed by atoms with Crippen LogP contribution in [-0.2, 0) is 0 Å². The highest BCUT2D eigenvalue weighted by Gasteiger charge is 2.38. The highest BCUT2D eigenvalue weighted by Crippen LogP contribution is 2.40. The molecule has 5 N–H and O–H groups in total. The number of anilines is 2. The summed E-state index contributed by atoms with van der Waals surface area (Å²) in [6.45, 7) is 6.34. The Morgan fingerprint density at radius 2 is 2.04 bits per heavy atom. The molecule has 3 atom stereocenters. The number of hydrogen-bond acceptors (Lipinski definition) is 6. The molecule has 7 nitrogen and oxygen atoms in total. The van der Waals surface area contributed by atoms with E-state index in [4.69, 9.17) is 5.73 Å². The van der Waals surface area contributed by atoms with Crippen molar-refractivity contribution in [2.24, 2.45) is 17.6 Å². The van der Waals surface area contributed by atoms with E-state index in [1.165, 1.54) is 19.0 Å². The van der Waals surface area contributed by atoms with Crippen molar-refractivity contribution < 1.29 is 9.90 Å². The van der Waals surface area contributed by atoms with E-state index in [2.05, 4.69) is 41.4 Å². The van der Waals surface area contributed by atoms with E-state index in [0.29, 0.717) is 30.0 Å². The molecule has 1 heterocycles. The molecule has 0 unspecified atom stereocenters. The maximum Gasteiger partial charge on any atom is 0.254 e. The SMILES string of the molecule is C[C@@H]1CC[C@@H](Nc2nc(NC(C)(C)C3CC3)ncc2C(N)=O)C[C@H]1O. The minimum absolute atomic E-state index is 0.0727. The third kappa shape index (κ3) is 4.21. The molecule has 2 saturated carbocycles. The summed E-state index contributed by atoms with van der Waals surface area (Å²) in [6.07, 6.45) is 6.07. The summed E-state index contributed by atoms with van der Waals surface area (Å²) >= 11 is 0. The molecule has 0 radical (unpaired) electrons. The highest BCUT2D eigenvalue weighted by atomic mass is 16.3. The zero-order valence-corrected chi connectivity index (χ0v) is 15.2. The van der Waals surface area contributed by atoms with Gasteiger partial charge in [-0.25, -0.2) is 4.98 Å². The first-order valence-electron chi connectivity index (χ1n) is 9.16. The van der Waals surface area contributed by atoms with Crippen molar-refractivity contribution in [2.45, 2.75) is 70.6 Å². The van der Waals surface area contributed by atoms with Crippen LogP contribution in [0.3, 0.4) is 0 Å². The number of nitrogens with two attached hydrogens (primary N) is 1. The molecule has 0 saturated heterocycles. The molecule has 3 rings (SSSR count). The van der Waals surface area contributed by atoms with Crippen LogP contribution in [0.1, 0.15) is 63.2 Å². The molecule has 138 valence electrons. The normalized spacial score (nSPS) is 27.0. The minimum Gasteiger partial charge on any atom is -0.393 e. The van der Waals surface area contributed by atoms with Crippen LogP contribution in [0.5, 0.6) is 0 Å². The van der Waals surface area contributed by atoms with Crippen molar-refractivity contribution in [3.05, 3.63) is 11.8 Å². The predicted molar refractivity (Wildman–Crippen MR) is 97.4 cm³/mol. The summed E-state index contributed by atoms with van der Waals surface area (Å²) in [7, 11) is 0. The molecule has 2 fully saturated rings. The van der Waals surface area contributed by atoms with Crippen LogP contribution in [-0.4, -0.2) is 38.7 Å². The highest BCUT2D eigenvalue weighted by molar-refractivity contribution is 5.97. The number of aromatic nitrogens is 2. The van der Waals surface area contributed by atoms with Crippen molar-refractivity contribution >= 4 is 17.7 Å². The number of nitrogens with one attached hydrogen (secondary N) is 2. The number of primary amides is 1. The maximum absolute atomic E-state index is 11.7. The van der Waals surface area contributed by atoms with E-state index in [0.717, 1.165) is 12.8 Å². The van der Waals surface area contributed by atoms with Gasteiger partial charge in [0.1, 0.15) is 5.82 Å². The van der Waals surface area contributed by atoms with Gasteiger partial charge < -0.3 is 21.5 Å². The van der Waals surface area contributed by atoms with Crippen LogP contribution in [0.25, 0.3) is 0 Å². The molecule has 0 spiro atoms. The second-order valence-corrected chi connectivity index (χ2v) is 8.14. The Kier molecular flexibility index (Phi) is 4.86. The molecule has 2 aliphatic rings. The monoisotopic (exact) mass is 347 g/mol. The summed E-state index contributed by atoms with van der Waals surface area (Å²) in [5, 5.41) is 16.8. The van der Waals surface area contributed by atoms with Crippen LogP contribution < -0.4 is 16.4 Å². The molecule has 0 bridgehead atoms. The van der Waals surface area contributed by atoms with Crippen molar-refractivity contribution in [1.82, 2.24) is 9.97 Å². The van der Waals surface area contributed by atoms with E-state index in [9.17, 15) is 9.90 Å². The first-order chi connectivity index (χ1) is 11.8. The van der Waals surface area contributed by atoms with Crippen LogP contribution in [0.4, 0.5) is 11.8 Å². The second-order valence-electron chi connectivity index (χ2n) is 8.14. The Bertz CT molecular complexity index is 644. The van der Waals surface area contributed by atoms with Gasteiger partial charge >= 0.3 is 0 Å². The van der Waals surface area contributed by atoms with Gasteiger partial charge in [-0.15, -0.1) is 0 Å². The average Bonchev–Trinajstić information content (AvgIpc) is 3.36. The van der Waals surface area contributed by atoms with E-state index < -0.39 is 5.91 Å². The van der Waals surface area contributed by atoms with Gasteiger partial charge in [0.05, 0.1) is 11.7 Å². The third-order valence-electron chi connectivity index (χ3n) is 5.58. The van der Waals surface area contributed by atoms with Crippen LogP contribution >= 0.6 is 0 Å². The topological polar surface area (TPSA) is 113 Å². The molecule has 7 heteroatoms. The lowest BCUT2D eigenvalue weighted by atomic mass is 9.85. The van der Waals surface area contributed by atoms with Gasteiger partial charge in [-0.2, -0.15) is 4.98 Å². The molecule has 1 aromatic heterocycles. The molecule has 0 aromatic carbocycles. The first-order valence-corrected chi connectivity index (χ1v) is 9.16. The third-order valence-corrected chi connectivity index (χ3v) is 5.58. The number of carbonyl (C=O) groups excluding carboxylic acids is 1. The van der Waals surface area contributed by atoms with E-state index in [-0.39, 0.29) is 23.2 Å². The Balaban J connectivity index is 1.78. The smallest absolute Gasteiger partial charge is 0.254 e. The Morgan fingerprint density at radius 3 is 2.64 bits per heavy atom. The lowest BCUT2D eigenvalue weighted by Gasteiger charge is -2.32. The molecule has 25 heavy (non-hydrogen) atoms. The van der Waals surface area contributed by atoms with E-state index in [1.54, 1.807) is 0 Å². The summed E-state index contributed by atoms with van der Waals surface area (Å²) in [4.78, 5) is 20.5. The maximum atomic E-state index is 11.7. The largest absolute Gasteiger partial charge is 0.393 e. The first kappa shape index (κ1) is 17.9. The summed E-state index contributed by atoms with van der Waals surface area (Å²) in [5.41, 5.74) is 5.67. The Morgan fingerprint density at radius 1 is 1.32 bits per heavy atom. The van der Waals surface area contributed by atoms with Crippen molar-refractivity contribution in [3.63, 3.8) is 0 Å². The number of nitrogens with zero attached hydrogens (tertiary/aromatic N) is 2. The molecular formula is C18H29N5O2. The van der Waals surface area contributed by atoms with Gasteiger partial charge in [0.25, 0.3) is 5.91 Å². The lowest BCUT2D eigenvalue weighted by Crippen LogP contribution is -2.36. The number of amides is 1. The predicted octanol–water partition coefficient (Wildman–Crippen LogP) is 2.14. The quantitative estimate of drug-likeness (QED) is 0.627. The summed E-state index contributed by atoms with van der Waals surface area (Å²) in [6, 6.07) is 0.0727.